The molecule has 9 heteroatoms. The number of rotatable bonds is 16. The van der Waals surface area contributed by atoms with Crippen molar-refractivity contribution in [3.05, 3.63) is 179 Å². The second-order valence-electron chi connectivity index (χ2n) is 15.7. The summed E-state index contributed by atoms with van der Waals surface area (Å²) >= 11 is 0. The maximum Gasteiger partial charge on any atom is 0.311 e. The van der Waals surface area contributed by atoms with Crippen molar-refractivity contribution in [3.63, 3.8) is 0 Å². The Labute approximate surface area is 346 Å². The van der Waals surface area contributed by atoms with E-state index < -0.39 is 17.6 Å². The van der Waals surface area contributed by atoms with Gasteiger partial charge in [-0.1, -0.05) is 179 Å². The zero-order chi connectivity index (χ0) is 40.6. The van der Waals surface area contributed by atoms with Gasteiger partial charge in [0.2, 0.25) is 0 Å². The number of unbranched alkanes of at least 4 members (excludes halogenated alkanes) is 1. The van der Waals surface area contributed by atoms with Crippen molar-refractivity contribution in [1.29, 1.82) is 0 Å². The third-order valence-electron chi connectivity index (χ3n) is 12.1. The lowest BCUT2D eigenvalue weighted by atomic mass is 9.77. The predicted molar refractivity (Wildman–Crippen MR) is 230 cm³/mol. The summed E-state index contributed by atoms with van der Waals surface area (Å²) in [6, 6.07) is 48.1. The van der Waals surface area contributed by atoms with Gasteiger partial charge in [0.1, 0.15) is 17.5 Å². The SMILES string of the molecule is CCCCc1ncc(C(O)C(CC2CCCC2)C(=O)OC)n1Cc1ccc(-c2ccccc2-c2nnnn2C(c2ccccc2)(c2ccccc2)c2ccccc2)cc1. The standard InChI is InChI=1S/C50H52N6O3/c1-3-4-28-46-51-34-45(47(57)44(49(58)59-2)33-36-18-14-15-19-36)55(46)35-37-29-31-38(32-30-37)42-26-16-17-27-43(42)48-52-53-54-56(48)50(39-20-8-5-9-21-39,40-22-10-6-11-23-40)41-24-12-7-13-25-41/h5-13,16-17,20-27,29-32,34,36,44,47,57H,3-4,14-15,18-19,28,33,35H2,1-2H3. The van der Waals surface area contributed by atoms with Crippen LogP contribution in [0.3, 0.4) is 0 Å². The summed E-state index contributed by atoms with van der Waals surface area (Å²) in [5.41, 5.74) is 6.84. The van der Waals surface area contributed by atoms with E-state index in [0.717, 1.165) is 76.9 Å². The first-order chi connectivity index (χ1) is 29.0. The molecule has 8 rings (SSSR count). The number of esters is 1. The molecule has 0 aliphatic heterocycles. The minimum absolute atomic E-state index is 0.366. The Hall–Kier alpha value is -6.19. The number of carbonyl (C=O) groups excluding carboxylic acids is 1. The van der Waals surface area contributed by atoms with Gasteiger partial charge in [0, 0.05) is 18.5 Å². The molecule has 1 aliphatic rings. The number of hydrogen-bond acceptors (Lipinski definition) is 7. The average molecular weight is 785 g/mol. The van der Waals surface area contributed by atoms with Crippen LogP contribution in [0.5, 0.6) is 0 Å². The van der Waals surface area contributed by atoms with Crippen molar-refractivity contribution in [2.75, 3.05) is 7.11 Å². The molecular weight excluding hydrogens is 733 g/mol. The van der Waals surface area contributed by atoms with Gasteiger partial charge in [-0.25, -0.2) is 9.67 Å². The van der Waals surface area contributed by atoms with Gasteiger partial charge in [-0.15, -0.1) is 5.10 Å². The van der Waals surface area contributed by atoms with Crippen molar-refractivity contribution in [3.8, 4) is 22.5 Å². The monoisotopic (exact) mass is 784 g/mol. The van der Waals surface area contributed by atoms with E-state index in [-0.39, 0.29) is 5.97 Å². The first kappa shape index (κ1) is 39.6. The molecule has 59 heavy (non-hydrogen) atoms. The van der Waals surface area contributed by atoms with Crippen molar-refractivity contribution >= 4 is 5.97 Å². The van der Waals surface area contributed by atoms with Crippen LogP contribution in [0.25, 0.3) is 22.5 Å². The lowest BCUT2D eigenvalue weighted by molar-refractivity contribution is -0.150. The Balaban J connectivity index is 1.16. The summed E-state index contributed by atoms with van der Waals surface area (Å²) in [6.07, 6.45) is 8.64. The molecule has 1 N–H and O–H groups in total. The summed E-state index contributed by atoms with van der Waals surface area (Å²) < 4.78 is 9.32. The van der Waals surface area contributed by atoms with E-state index >= 15 is 0 Å². The molecule has 2 atom stereocenters. The molecule has 1 aliphatic carbocycles. The zero-order valence-corrected chi connectivity index (χ0v) is 33.9. The molecule has 300 valence electrons. The van der Waals surface area contributed by atoms with Gasteiger partial charge in [-0.2, -0.15) is 0 Å². The molecule has 2 aromatic heterocycles. The number of tetrazole rings is 1. The van der Waals surface area contributed by atoms with Crippen LogP contribution < -0.4 is 0 Å². The van der Waals surface area contributed by atoms with Crippen molar-refractivity contribution in [2.45, 2.75) is 76.5 Å². The highest BCUT2D eigenvalue weighted by molar-refractivity contribution is 5.81. The quantitative estimate of drug-likeness (QED) is 0.0768. The number of benzene rings is 5. The minimum atomic E-state index is -1.02. The van der Waals surface area contributed by atoms with Crippen LogP contribution >= 0.6 is 0 Å². The molecule has 0 saturated heterocycles. The summed E-state index contributed by atoms with van der Waals surface area (Å²) in [6.45, 7) is 2.68. The predicted octanol–water partition coefficient (Wildman–Crippen LogP) is 9.84. The van der Waals surface area contributed by atoms with Crippen LogP contribution in [0, 0.1) is 11.8 Å². The molecular formula is C50H52N6O3. The highest BCUT2D eigenvalue weighted by Gasteiger charge is 2.42. The largest absolute Gasteiger partial charge is 0.469 e. The number of aryl methyl sites for hydroxylation is 1. The van der Waals surface area contributed by atoms with Gasteiger partial charge in [0.25, 0.3) is 0 Å². The lowest BCUT2D eigenvalue weighted by Gasteiger charge is -2.36. The topological polar surface area (TPSA) is 108 Å². The highest BCUT2D eigenvalue weighted by Crippen LogP contribution is 2.43. The second-order valence-corrected chi connectivity index (χ2v) is 15.7. The van der Waals surface area contributed by atoms with E-state index in [0.29, 0.717) is 30.4 Å². The van der Waals surface area contributed by atoms with Gasteiger partial charge in [0.15, 0.2) is 5.82 Å². The summed E-state index contributed by atoms with van der Waals surface area (Å²) in [5, 5.41) is 25.8. The van der Waals surface area contributed by atoms with Gasteiger partial charge >= 0.3 is 5.97 Å². The van der Waals surface area contributed by atoms with E-state index in [1.54, 1.807) is 6.20 Å². The van der Waals surface area contributed by atoms with Gasteiger partial charge in [-0.05, 0) is 62.6 Å². The van der Waals surface area contributed by atoms with E-state index in [9.17, 15) is 9.90 Å². The van der Waals surface area contributed by atoms with Crippen LogP contribution in [0.4, 0.5) is 0 Å². The third-order valence-corrected chi connectivity index (χ3v) is 12.1. The molecule has 2 heterocycles. The molecule has 9 nitrogen and oxygen atoms in total. The fourth-order valence-corrected chi connectivity index (χ4v) is 9.09. The van der Waals surface area contributed by atoms with Gasteiger partial charge < -0.3 is 14.4 Å². The average Bonchev–Trinajstić information content (AvgIpc) is 4.09. The molecule has 0 radical (unpaired) electrons. The van der Waals surface area contributed by atoms with Crippen LogP contribution in [-0.4, -0.2) is 47.9 Å². The number of hydrogen-bond donors (Lipinski definition) is 1. The number of ether oxygens (including phenoxy) is 1. The maximum atomic E-state index is 13.1. The Morgan fingerprint density at radius 1 is 0.797 bits per heavy atom. The Bertz CT molecular complexity index is 2330. The number of aromatic nitrogens is 6. The second kappa shape index (κ2) is 18.2. The van der Waals surface area contributed by atoms with Gasteiger partial charge in [-0.3, -0.25) is 4.79 Å². The molecule has 2 unspecified atom stereocenters. The summed E-state index contributed by atoms with van der Waals surface area (Å²) in [7, 11) is 1.41. The van der Waals surface area contributed by atoms with E-state index in [1.165, 1.54) is 20.0 Å². The van der Waals surface area contributed by atoms with Crippen LogP contribution in [0.1, 0.15) is 91.7 Å². The fourth-order valence-electron chi connectivity index (χ4n) is 9.09. The van der Waals surface area contributed by atoms with E-state index in [2.05, 4.69) is 126 Å². The number of methoxy groups -OCH3 is 1. The Kier molecular flexibility index (Phi) is 12.2. The third kappa shape index (κ3) is 7.99. The van der Waals surface area contributed by atoms with Crippen LogP contribution in [0.2, 0.25) is 0 Å². The molecule has 0 amide bonds. The highest BCUT2D eigenvalue weighted by atomic mass is 16.5. The normalized spacial score (nSPS) is 14.3. The first-order valence-electron chi connectivity index (χ1n) is 21.0. The Morgan fingerprint density at radius 2 is 1.37 bits per heavy atom. The number of aliphatic hydroxyl groups is 1. The van der Waals surface area contributed by atoms with E-state index in [1.807, 2.05) is 35.0 Å². The smallest absolute Gasteiger partial charge is 0.311 e. The number of aliphatic hydroxyl groups excluding tert-OH is 1. The molecule has 0 spiro atoms. The number of carbonyl (C=O) groups is 1. The molecule has 1 fully saturated rings. The Morgan fingerprint density at radius 3 is 1.95 bits per heavy atom. The zero-order valence-electron chi connectivity index (χ0n) is 33.9. The van der Waals surface area contributed by atoms with Crippen molar-refractivity contribution in [1.82, 2.24) is 29.8 Å². The molecule has 1 saturated carbocycles. The van der Waals surface area contributed by atoms with Gasteiger partial charge in [0.05, 0.1) is 24.9 Å². The molecule has 5 aromatic carbocycles. The number of imidazole rings is 1. The molecule has 0 bridgehead atoms. The van der Waals surface area contributed by atoms with E-state index in [4.69, 9.17) is 20.0 Å². The fraction of sp³-hybridized carbons (Fsp3) is 0.300. The van der Waals surface area contributed by atoms with Crippen molar-refractivity contribution in [2.24, 2.45) is 11.8 Å². The lowest BCUT2D eigenvalue weighted by Crippen LogP contribution is -2.39. The van der Waals surface area contributed by atoms with Crippen molar-refractivity contribution < 1.29 is 14.6 Å². The first-order valence-corrected chi connectivity index (χ1v) is 21.0. The summed E-state index contributed by atoms with van der Waals surface area (Å²) in [4.78, 5) is 17.9. The maximum absolute atomic E-state index is 13.1. The number of nitrogens with zero attached hydrogens (tertiary/aromatic N) is 6. The van der Waals surface area contributed by atoms with Crippen LogP contribution in [0.15, 0.2) is 146 Å². The molecule has 7 aromatic rings. The minimum Gasteiger partial charge on any atom is -0.469 e. The summed E-state index contributed by atoms with van der Waals surface area (Å²) in [5.74, 6) is 0.949. The van der Waals surface area contributed by atoms with Crippen LogP contribution in [-0.2, 0) is 28.0 Å².